The molecule has 3 heterocycles. The zero-order valence-electron chi connectivity index (χ0n) is 13.0. The maximum atomic E-state index is 10.6. The second-order valence-electron chi connectivity index (χ2n) is 5.70. The van der Waals surface area contributed by atoms with Gasteiger partial charge in [-0.3, -0.25) is 0 Å². The standard InChI is InChI=1S/C13H19N5O5/c1-5-7-9(15-12(14)16-10(7)22-3)18(17-5)11-13(2,21)8(20)6(4-19)23-11/h6,8,11,19-21H,4H2,1-3H3,(H2,14,15,16)/t6-,8-,11-,13-/m1/s1. The van der Waals surface area contributed by atoms with Crippen molar-refractivity contribution in [3.63, 3.8) is 0 Å². The first-order chi connectivity index (χ1) is 10.8. The zero-order chi connectivity index (χ0) is 16.9. The highest BCUT2D eigenvalue weighted by molar-refractivity contribution is 5.84. The van der Waals surface area contributed by atoms with E-state index >= 15 is 0 Å². The molecule has 10 nitrogen and oxygen atoms in total. The average molecular weight is 325 g/mol. The smallest absolute Gasteiger partial charge is 0.229 e. The molecule has 3 rings (SSSR count). The molecule has 0 unspecified atom stereocenters. The van der Waals surface area contributed by atoms with Crippen LogP contribution in [0.4, 0.5) is 5.95 Å². The highest BCUT2D eigenvalue weighted by Gasteiger charge is 2.53. The first-order valence-electron chi connectivity index (χ1n) is 7.04. The quantitative estimate of drug-likeness (QED) is 0.541. The molecule has 10 heteroatoms. The number of hydrogen-bond acceptors (Lipinski definition) is 9. The number of aryl methyl sites for hydroxylation is 1. The zero-order valence-corrected chi connectivity index (χ0v) is 13.0. The number of nitrogens with two attached hydrogens (primary N) is 1. The fraction of sp³-hybridized carbons (Fsp3) is 0.615. The van der Waals surface area contributed by atoms with Gasteiger partial charge in [0.15, 0.2) is 11.9 Å². The van der Waals surface area contributed by atoms with Gasteiger partial charge in [0.25, 0.3) is 0 Å². The second kappa shape index (κ2) is 5.27. The summed E-state index contributed by atoms with van der Waals surface area (Å²) in [5.41, 5.74) is 4.88. The minimum atomic E-state index is -1.67. The van der Waals surface area contributed by atoms with E-state index in [9.17, 15) is 15.3 Å². The summed E-state index contributed by atoms with van der Waals surface area (Å²) < 4.78 is 12.1. The van der Waals surface area contributed by atoms with Crippen molar-refractivity contribution in [2.45, 2.75) is 37.9 Å². The molecule has 1 saturated heterocycles. The van der Waals surface area contributed by atoms with Gasteiger partial charge in [-0.2, -0.15) is 15.1 Å². The molecule has 2 aromatic rings. The molecule has 0 amide bonds. The minimum absolute atomic E-state index is 0.0209. The molecular weight excluding hydrogens is 306 g/mol. The monoisotopic (exact) mass is 325 g/mol. The van der Waals surface area contributed by atoms with Crippen molar-refractivity contribution in [1.82, 2.24) is 19.7 Å². The Hall–Kier alpha value is -2.01. The van der Waals surface area contributed by atoms with Gasteiger partial charge in [0.2, 0.25) is 11.8 Å². The topological polar surface area (TPSA) is 149 Å². The summed E-state index contributed by atoms with van der Waals surface area (Å²) >= 11 is 0. The summed E-state index contributed by atoms with van der Waals surface area (Å²) in [6.07, 6.45) is -3.27. The average Bonchev–Trinajstić information content (AvgIpc) is 2.94. The maximum Gasteiger partial charge on any atom is 0.229 e. The van der Waals surface area contributed by atoms with Crippen LogP contribution in [-0.4, -0.2) is 66.6 Å². The van der Waals surface area contributed by atoms with Crippen LogP contribution in [0.2, 0.25) is 0 Å². The number of anilines is 1. The van der Waals surface area contributed by atoms with Crippen molar-refractivity contribution < 1.29 is 24.8 Å². The van der Waals surface area contributed by atoms with Gasteiger partial charge in [0.05, 0.1) is 19.4 Å². The summed E-state index contributed by atoms with van der Waals surface area (Å²) in [5.74, 6) is 0.237. The lowest BCUT2D eigenvalue weighted by Gasteiger charge is -2.26. The van der Waals surface area contributed by atoms with E-state index in [1.54, 1.807) is 6.92 Å². The number of hydrogen-bond donors (Lipinski definition) is 4. The maximum absolute atomic E-state index is 10.6. The molecule has 2 aromatic heterocycles. The Bertz CT molecular complexity index is 746. The van der Waals surface area contributed by atoms with Crippen molar-refractivity contribution in [2.75, 3.05) is 19.5 Å². The molecule has 1 fully saturated rings. The van der Waals surface area contributed by atoms with E-state index in [4.69, 9.17) is 15.2 Å². The van der Waals surface area contributed by atoms with Crippen LogP contribution in [0.1, 0.15) is 18.8 Å². The van der Waals surface area contributed by atoms with Crippen LogP contribution in [0.25, 0.3) is 11.0 Å². The lowest BCUT2D eigenvalue weighted by Crippen LogP contribution is -2.44. The van der Waals surface area contributed by atoms with Crippen molar-refractivity contribution in [3.05, 3.63) is 5.69 Å². The van der Waals surface area contributed by atoms with Crippen LogP contribution in [0, 0.1) is 6.92 Å². The van der Waals surface area contributed by atoms with Crippen LogP contribution in [0.15, 0.2) is 0 Å². The van der Waals surface area contributed by atoms with Crippen molar-refractivity contribution in [1.29, 1.82) is 0 Å². The molecule has 0 saturated carbocycles. The van der Waals surface area contributed by atoms with Gasteiger partial charge in [0, 0.05) is 0 Å². The second-order valence-corrected chi connectivity index (χ2v) is 5.70. The van der Waals surface area contributed by atoms with E-state index < -0.39 is 30.6 Å². The Morgan fingerprint density at radius 2 is 2.13 bits per heavy atom. The van der Waals surface area contributed by atoms with E-state index in [1.807, 2.05) is 0 Å². The number of fused-ring (bicyclic) bond motifs is 1. The minimum Gasteiger partial charge on any atom is -0.480 e. The summed E-state index contributed by atoms with van der Waals surface area (Å²) in [6, 6.07) is 0. The van der Waals surface area contributed by atoms with E-state index in [-0.39, 0.29) is 11.8 Å². The normalized spacial score (nSPS) is 31.0. The first-order valence-corrected chi connectivity index (χ1v) is 7.04. The number of aliphatic hydroxyl groups is 3. The van der Waals surface area contributed by atoms with Crippen LogP contribution >= 0.6 is 0 Å². The molecule has 126 valence electrons. The first kappa shape index (κ1) is 15.9. The summed E-state index contributed by atoms with van der Waals surface area (Å²) in [5, 5.41) is 34.9. The fourth-order valence-corrected chi connectivity index (χ4v) is 2.85. The third kappa shape index (κ3) is 2.22. The van der Waals surface area contributed by atoms with Crippen LogP contribution < -0.4 is 10.5 Å². The molecule has 0 bridgehead atoms. The third-order valence-corrected chi connectivity index (χ3v) is 4.06. The van der Waals surface area contributed by atoms with Gasteiger partial charge < -0.3 is 30.5 Å². The van der Waals surface area contributed by atoms with Crippen LogP contribution in [0.5, 0.6) is 5.88 Å². The van der Waals surface area contributed by atoms with Gasteiger partial charge in [-0.1, -0.05) is 0 Å². The number of aliphatic hydroxyl groups excluding tert-OH is 2. The number of aromatic nitrogens is 4. The number of rotatable bonds is 3. The number of ether oxygens (including phenoxy) is 2. The predicted octanol–water partition coefficient (Wildman–Crippen LogP) is -1.27. The van der Waals surface area contributed by atoms with Gasteiger partial charge in [-0.05, 0) is 13.8 Å². The van der Waals surface area contributed by atoms with Crippen LogP contribution in [-0.2, 0) is 4.74 Å². The third-order valence-electron chi connectivity index (χ3n) is 4.06. The van der Waals surface area contributed by atoms with Crippen LogP contribution in [0.3, 0.4) is 0 Å². The van der Waals surface area contributed by atoms with Gasteiger partial charge >= 0.3 is 0 Å². The largest absolute Gasteiger partial charge is 0.480 e. The Morgan fingerprint density at radius 1 is 1.43 bits per heavy atom. The van der Waals surface area contributed by atoms with Crippen molar-refractivity contribution in [3.8, 4) is 5.88 Å². The molecule has 5 N–H and O–H groups in total. The van der Waals surface area contributed by atoms with E-state index in [1.165, 1.54) is 18.7 Å². The Kier molecular flexibility index (Phi) is 3.64. The molecule has 1 aliphatic rings. The molecule has 0 aliphatic carbocycles. The van der Waals surface area contributed by atoms with E-state index in [0.717, 1.165) is 0 Å². The molecule has 0 aromatic carbocycles. The Balaban J connectivity index is 2.20. The molecular formula is C13H19N5O5. The lowest BCUT2D eigenvalue weighted by molar-refractivity contribution is -0.100. The number of methoxy groups -OCH3 is 1. The SMILES string of the molecule is COc1nc(N)nc2c1c(C)nn2[C@@H]1O[C@H](CO)[C@@H](O)[C@@]1(C)O. The molecule has 4 atom stereocenters. The molecule has 23 heavy (non-hydrogen) atoms. The highest BCUT2D eigenvalue weighted by Crippen LogP contribution is 2.40. The predicted molar refractivity (Wildman–Crippen MR) is 78.7 cm³/mol. The van der Waals surface area contributed by atoms with Gasteiger partial charge in [0.1, 0.15) is 23.2 Å². The Labute approximate surface area is 131 Å². The van der Waals surface area contributed by atoms with Crippen molar-refractivity contribution in [2.24, 2.45) is 0 Å². The molecule has 1 aliphatic heterocycles. The number of nitrogens with zero attached hydrogens (tertiary/aromatic N) is 4. The highest BCUT2D eigenvalue weighted by atomic mass is 16.6. The lowest BCUT2D eigenvalue weighted by atomic mass is 9.97. The fourth-order valence-electron chi connectivity index (χ4n) is 2.85. The van der Waals surface area contributed by atoms with Gasteiger partial charge in [-0.25, -0.2) is 4.68 Å². The Morgan fingerprint density at radius 3 is 2.70 bits per heavy atom. The molecule has 0 spiro atoms. The van der Waals surface area contributed by atoms with E-state index in [0.29, 0.717) is 16.7 Å². The van der Waals surface area contributed by atoms with Crippen molar-refractivity contribution >= 4 is 17.0 Å². The summed E-state index contributed by atoms with van der Waals surface area (Å²) in [6.45, 7) is 2.69. The molecule has 0 radical (unpaired) electrons. The summed E-state index contributed by atoms with van der Waals surface area (Å²) in [4.78, 5) is 8.14. The van der Waals surface area contributed by atoms with E-state index in [2.05, 4.69) is 15.1 Å². The number of nitrogen functional groups attached to an aromatic ring is 1. The van der Waals surface area contributed by atoms with Gasteiger partial charge in [-0.15, -0.1) is 0 Å². The summed E-state index contributed by atoms with van der Waals surface area (Å²) in [7, 11) is 1.45.